The second-order valence-electron chi connectivity index (χ2n) is 5.58. The van der Waals surface area contributed by atoms with Crippen LogP contribution >= 0.6 is 0 Å². The zero-order valence-electron chi connectivity index (χ0n) is 13.0. The topological polar surface area (TPSA) is 48.3 Å². The molecule has 1 fully saturated rings. The minimum Gasteiger partial charge on any atom is -0.376 e. The van der Waals surface area contributed by atoms with Crippen LogP contribution in [0, 0.1) is 11.3 Å². The molecule has 4 heteroatoms. The lowest BCUT2D eigenvalue weighted by atomic mass is 9.88. The molecule has 1 aliphatic heterocycles. The summed E-state index contributed by atoms with van der Waals surface area (Å²) < 4.78 is 5.70. The monoisotopic (exact) mass is 287 g/mol. The van der Waals surface area contributed by atoms with Gasteiger partial charge in [-0.1, -0.05) is 37.3 Å². The minimum absolute atomic E-state index is 0.335. The molecule has 2 unspecified atom stereocenters. The Morgan fingerprint density at radius 3 is 2.81 bits per heavy atom. The molecule has 0 spiro atoms. The molecule has 1 heterocycles. The van der Waals surface area contributed by atoms with Crippen LogP contribution in [0.1, 0.15) is 25.3 Å². The molecule has 0 bridgehead atoms. The zero-order chi connectivity index (χ0) is 15.1. The van der Waals surface area contributed by atoms with Gasteiger partial charge in [-0.25, -0.2) is 0 Å². The quantitative estimate of drug-likeness (QED) is 0.871. The molecule has 21 heavy (non-hydrogen) atoms. The number of hydrogen-bond acceptors (Lipinski definition) is 4. The predicted octanol–water partition coefficient (Wildman–Crippen LogP) is 2.13. The van der Waals surface area contributed by atoms with Crippen LogP contribution in [0.5, 0.6) is 0 Å². The maximum Gasteiger partial charge on any atom is 0.133 e. The normalized spacial score (nSPS) is 22.4. The van der Waals surface area contributed by atoms with E-state index in [4.69, 9.17) is 4.74 Å². The van der Waals surface area contributed by atoms with Crippen LogP contribution in [0.2, 0.25) is 0 Å². The van der Waals surface area contributed by atoms with E-state index in [0.29, 0.717) is 6.10 Å². The first-order chi connectivity index (χ1) is 10.2. The summed E-state index contributed by atoms with van der Waals surface area (Å²) in [6, 6.07) is 12.5. The van der Waals surface area contributed by atoms with Gasteiger partial charge in [0.2, 0.25) is 0 Å². The summed E-state index contributed by atoms with van der Waals surface area (Å²) in [5, 5.41) is 12.9. The number of morpholine rings is 1. The van der Waals surface area contributed by atoms with Crippen molar-refractivity contribution in [1.82, 2.24) is 10.2 Å². The van der Waals surface area contributed by atoms with Gasteiger partial charge in [-0.3, -0.25) is 10.2 Å². The van der Waals surface area contributed by atoms with E-state index in [-0.39, 0.29) is 0 Å². The van der Waals surface area contributed by atoms with E-state index < -0.39 is 5.54 Å². The molecule has 0 saturated carbocycles. The second-order valence-corrected chi connectivity index (χ2v) is 5.58. The van der Waals surface area contributed by atoms with Crippen LogP contribution in [0.25, 0.3) is 0 Å². The van der Waals surface area contributed by atoms with Crippen molar-refractivity contribution in [2.75, 3.05) is 33.3 Å². The van der Waals surface area contributed by atoms with E-state index in [0.717, 1.165) is 44.6 Å². The van der Waals surface area contributed by atoms with Gasteiger partial charge in [-0.05, 0) is 25.5 Å². The van der Waals surface area contributed by atoms with Gasteiger partial charge in [-0.15, -0.1) is 0 Å². The highest BCUT2D eigenvalue weighted by Gasteiger charge is 2.31. The van der Waals surface area contributed by atoms with Gasteiger partial charge in [0.05, 0.1) is 18.8 Å². The first-order valence-electron chi connectivity index (χ1n) is 7.73. The SMILES string of the molecule is CCC1CN(CCC(C#N)(NC)c2ccccc2)CCO1. The zero-order valence-corrected chi connectivity index (χ0v) is 13.0. The molecule has 1 aromatic carbocycles. The fourth-order valence-corrected chi connectivity index (χ4v) is 2.87. The van der Waals surface area contributed by atoms with Crippen LogP contribution in [0.4, 0.5) is 0 Å². The van der Waals surface area contributed by atoms with Crippen molar-refractivity contribution in [1.29, 1.82) is 5.26 Å². The van der Waals surface area contributed by atoms with Gasteiger partial charge in [0.1, 0.15) is 5.54 Å². The summed E-state index contributed by atoms with van der Waals surface area (Å²) >= 11 is 0. The van der Waals surface area contributed by atoms with Gasteiger partial charge in [0.15, 0.2) is 0 Å². The minimum atomic E-state index is -0.610. The number of benzene rings is 1. The van der Waals surface area contributed by atoms with Gasteiger partial charge >= 0.3 is 0 Å². The molecule has 0 aromatic heterocycles. The Morgan fingerprint density at radius 2 is 2.19 bits per heavy atom. The van der Waals surface area contributed by atoms with Crippen molar-refractivity contribution in [3.8, 4) is 6.07 Å². The first-order valence-corrected chi connectivity index (χ1v) is 7.73. The Hall–Kier alpha value is -1.41. The van der Waals surface area contributed by atoms with E-state index in [9.17, 15) is 5.26 Å². The fraction of sp³-hybridized carbons (Fsp3) is 0.588. The molecule has 0 aliphatic carbocycles. The standard InChI is InChI=1S/C17H25N3O/c1-3-16-13-20(11-12-21-16)10-9-17(14-18,19-2)15-7-5-4-6-8-15/h4-8,16,19H,3,9-13H2,1-2H3. The molecule has 0 radical (unpaired) electrons. The third kappa shape index (κ3) is 3.82. The molecular formula is C17H25N3O. The summed E-state index contributed by atoms with van der Waals surface area (Å²) in [5.74, 6) is 0. The van der Waals surface area contributed by atoms with E-state index >= 15 is 0 Å². The maximum atomic E-state index is 9.70. The lowest BCUT2D eigenvalue weighted by molar-refractivity contribution is -0.0312. The first kappa shape index (κ1) is 16.0. The van der Waals surface area contributed by atoms with E-state index in [1.54, 1.807) is 0 Å². The molecule has 2 atom stereocenters. The van der Waals surface area contributed by atoms with Gasteiger partial charge in [-0.2, -0.15) is 5.26 Å². The highest BCUT2D eigenvalue weighted by Crippen LogP contribution is 2.24. The van der Waals surface area contributed by atoms with Crippen molar-refractivity contribution in [2.45, 2.75) is 31.4 Å². The van der Waals surface area contributed by atoms with Crippen LogP contribution in [-0.2, 0) is 10.3 Å². The van der Waals surface area contributed by atoms with Crippen LogP contribution in [0.3, 0.4) is 0 Å². The average Bonchev–Trinajstić information content (AvgIpc) is 2.57. The largest absolute Gasteiger partial charge is 0.376 e. The number of hydrogen-bond donors (Lipinski definition) is 1. The van der Waals surface area contributed by atoms with Crippen LogP contribution < -0.4 is 5.32 Å². The molecule has 1 aliphatic rings. The molecule has 1 saturated heterocycles. The fourth-order valence-electron chi connectivity index (χ4n) is 2.87. The lowest BCUT2D eigenvalue weighted by Gasteiger charge is -2.35. The summed E-state index contributed by atoms with van der Waals surface area (Å²) in [6.45, 7) is 5.78. The Balaban J connectivity index is 2.02. The number of nitriles is 1. The highest BCUT2D eigenvalue weighted by molar-refractivity contribution is 5.31. The van der Waals surface area contributed by atoms with Crippen LogP contribution in [-0.4, -0.2) is 44.3 Å². The highest BCUT2D eigenvalue weighted by atomic mass is 16.5. The van der Waals surface area contributed by atoms with Gasteiger partial charge in [0, 0.05) is 19.6 Å². The molecule has 4 nitrogen and oxygen atoms in total. The van der Waals surface area contributed by atoms with E-state index in [2.05, 4.69) is 23.2 Å². The smallest absolute Gasteiger partial charge is 0.133 e. The molecule has 0 amide bonds. The van der Waals surface area contributed by atoms with Gasteiger partial charge in [0.25, 0.3) is 0 Å². The maximum absolute atomic E-state index is 9.70. The van der Waals surface area contributed by atoms with Crippen molar-refractivity contribution >= 4 is 0 Å². The number of nitrogens with one attached hydrogen (secondary N) is 1. The molecule has 1 aromatic rings. The van der Waals surface area contributed by atoms with Crippen molar-refractivity contribution in [3.05, 3.63) is 35.9 Å². The molecule has 1 N–H and O–H groups in total. The summed E-state index contributed by atoms with van der Waals surface area (Å²) in [4.78, 5) is 2.41. The van der Waals surface area contributed by atoms with Crippen molar-refractivity contribution < 1.29 is 4.74 Å². The van der Waals surface area contributed by atoms with Gasteiger partial charge < -0.3 is 4.74 Å². The van der Waals surface area contributed by atoms with E-state index in [1.165, 1.54) is 0 Å². The van der Waals surface area contributed by atoms with E-state index in [1.807, 2.05) is 37.4 Å². The Kier molecular flexibility index (Phi) is 5.75. The Bertz CT molecular complexity index is 471. The molecule has 2 rings (SSSR count). The molecular weight excluding hydrogens is 262 g/mol. The average molecular weight is 287 g/mol. The number of ether oxygens (including phenoxy) is 1. The lowest BCUT2D eigenvalue weighted by Crippen LogP contribution is -2.46. The number of rotatable bonds is 6. The summed E-state index contributed by atoms with van der Waals surface area (Å²) in [6.07, 6.45) is 2.16. The predicted molar refractivity (Wildman–Crippen MR) is 83.9 cm³/mol. The third-order valence-corrected chi connectivity index (χ3v) is 4.37. The van der Waals surface area contributed by atoms with Crippen LogP contribution in [0.15, 0.2) is 30.3 Å². The van der Waals surface area contributed by atoms with Crippen molar-refractivity contribution in [2.24, 2.45) is 0 Å². The molecule has 114 valence electrons. The number of nitrogens with zero attached hydrogens (tertiary/aromatic N) is 2. The van der Waals surface area contributed by atoms with Crippen molar-refractivity contribution in [3.63, 3.8) is 0 Å². The summed E-state index contributed by atoms with van der Waals surface area (Å²) in [5.41, 5.74) is 0.427. The Morgan fingerprint density at radius 1 is 1.43 bits per heavy atom. The Labute approximate surface area is 127 Å². The third-order valence-electron chi connectivity index (χ3n) is 4.37. The summed E-state index contributed by atoms with van der Waals surface area (Å²) in [7, 11) is 1.87. The second kappa shape index (κ2) is 7.56.